The zero-order chi connectivity index (χ0) is 21.8. The summed E-state index contributed by atoms with van der Waals surface area (Å²) in [4.78, 5) is 3.39. The van der Waals surface area contributed by atoms with Crippen LogP contribution in [0.15, 0.2) is 71.2 Å². The minimum atomic E-state index is -4.07. The van der Waals surface area contributed by atoms with Gasteiger partial charge < -0.3 is 10.1 Å². The summed E-state index contributed by atoms with van der Waals surface area (Å²) in [6, 6.07) is 13.2. The number of sulfonamides is 1. The van der Waals surface area contributed by atoms with Crippen molar-refractivity contribution in [3.05, 3.63) is 77.7 Å². The average molecular weight is 460 g/mol. The minimum absolute atomic E-state index is 0.170. The van der Waals surface area contributed by atoms with E-state index in [1.807, 2.05) is 24.3 Å². The van der Waals surface area contributed by atoms with Gasteiger partial charge in [0.05, 0.1) is 13.7 Å². The maximum Gasteiger partial charge on any atom is 0.266 e. The number of anilines is 3. The predicted molar refractivity (Wildman–Crippen MR) is 117 cm³/mol. The number of aromatic nitrogens is 3. The third-order valence-corrected chi connectivity index (χ3v) is 6.48. The lowest BCUT2D eigenvalue weighted by molar-refractivity contribution is 0.414. The Morgan fingerprint density at radius 2 is 1.97 bits per heavy atom. The molecular weight excluding hydrogens is 441 g/mol. The fraction of sp³-hybridized carbons (Fsp3) is 0.100. The largest absolute Gasteiger partial charge is 0.497 e. The first-order valence-electron chi connectivity index (χ1n) is 9.08. The average Bonchev–Trinajstić information content (AvgIpc) is 3.40. The van der Waals surface area contributed by atoms with Crippen molar-refractivity contribution in [2.45, 2.75) is 11.4 Å². The van der Waals surface area contributed by atoms with E-state index in [9.17, 15) is 12.8 Å². The van der Waals surface area contributed by atoms with Crippen molar-refractivity contribution in [1.82, 2.24) is 14.8 Å². The molecule has 0 saturated heterocycles. The Morgan fingerprint density at radius 3 is 2.65 bits per heavy atom. The van der Waals surface area contributed by atoms with Crippen LogP contribution in [-0.4, -0.2) is 30.3 Å². The van der Waals surface area contributed by atoms with E-state index in [4.69, 9.17) is 4.74 Å². The lowest BCUT2D eigenvalue weighted by Gasteiger charge is -2.09. The molecule has 0 aliphatic rings. The fourth-order valence-electron chi connectivity index (χ4n) is 2.82. The van der Waals surface area contributed by atoms with E-state index in [2.05, 4.69) is 20.1 Å². The molecule has 0 amide bonds. The monoisotopic (exact) mass is 459 g/mol. The molecule has 2 N–H and O–H groups in total. The molecule has 31 heavy (non-hydrogen) atoms. The molecule has 0 saturated carbocycles. The second-order valence-electron chi connectivity index (χ2n) is 6.46. The van der Waals surface area contributed by atoms with Gasteiger partial charge in [0.25, 0.3) is 10.0 Å². The van der Waals surface area contributed by atoms with E-state index in [-0.39, 0.29) is 5.13 Å². The van der Waals surface area contributed by atoms with Crippen molar-refractivity contribution in [2.75, 3.05) is 17.1 Å². The van der Waals surface area contributed by atoms with Crippen molar-refractivity contribution in [3.63, 3.8) is 0 Å². The van der Waals surface area contributed by atoms with Crippen LogP contribution < -0.4 is 14.8 Å². The normalized spacial score (nSPS) is 11.3. The van der Waals surface area contributed by atoms with Crippen molar-refractivity contribution < 1.29 is 17.5 Å². The van der Waals surface area contributed by atoms with E-state index in [1.54, 1.807) is 29.4 Å². The summed E-state index contributed by atoms with van der Waals surface area (Å²) in [5.41, 5.74) is 1.42. The molecule has 0 atom stereocenters. The van der Waals surface area contributed by atoms with Crippen LogP contribution in [0.25, 0.3) is 0 Å². The van der Waals surface area contributed by atoms with Crippen LogP contribution in [0.1, 0.15) is 5.56 Å². The zero-order valence-electron chi connectivity index (χ0n) is 16.3. The Bertz CT molecular complexity index is 1270. The standard InChI is InChI=1S/C20H18FN5O3S2/c1-29-16-5-2-14(3-6-16)13-26-10-8-19(24-26)23-15-4-7-18(17(21)12-15)31(27,28)25-20-22-9-11-30-20/h2-12H,13H2,1H3,(H,22,25)(H,23,24). The van der Waals surface area contributed by atoms with Crippen molar-refractivity contribution in [1.29, 1.82) is 0 Å². The maximum atomic E-state index is 14.5. The van der Waals surface area contributed by atoms with Crippen LogP contribution in [0.3, 0.4) is 0 Å². The topological polar surface area (TPSA) is 98.1 Å². The Balaban J connectivity index is 1.44. The highest BCUT2D eigenvalue weighted by Crippen LogP contribution is 2.24. The molecule has 2 aromatic carbocycles. The van der Waals surface area contributed by atoms with Gasteiger partial charge in [0.1, 0.15) is 16.5 Å². The second kappa shape index (κ2) is 8.74. The third kappa shape index (κ3) is 5.01. The summed E-state index contributed by atoms with van der Waals surface area (Å²) in [5, 5.41) is 9.17. The Morgan fingerprint density at radius 1 is 1.16 bits per heavy atom. The fourth-order valence-corrected chi connectivity index (χ4v) is 4.67. The Hall–Kier alpha value is -3.44. The number of rotatable bonds is 8. The molecule has 0 radical (unpaired) electrons. The molecule has 0 spiro atoms. The SMILES string of the molecule is COc1ccc(Cn2ccc(Nc3ccc(S(=O)(=O)Nc4nccs4)c(F)c3)n2)cc1. The van der Waals surface area contributed by atoms with Gasteiger partial charge in [0.2, 0.25) is 0 Å². The Labute approximate surface area is 182 Å². The zero-order valence-corrected chi connectivity index (χ0v) is 18.0. The van der Waals surface area contributed by atoms with Crippen molar-refractivity contribution >= 4 is 38.0 Å². The molecule has 0 fully saturated rings. The lowest BCUT2D eigenvalue weighted by atomic mass is 10.2. The quantitative estimate of drug-likeness (QED) is 0.412. The summed E-state index contributed by atoms with van der Waals surface area (Å²) in [6.45, 7) is 0.555. The van der Waals surface area contributed by atoms with E-state index >= 15 is 0 Å². The van der Waals surface area contributed by atoms with Gasteiger partial charge in [0, 0.05) is 29.5 Å². The van der Waals surface area contributed by atoms with E-state index in [0.29, 0.717) is 18.1 Å². The predicted octanol–water partition coefficient (Wildman–Crippen LogP) is 4.08. The molecule has 0 aliphatic carbocycles. The van der Waals surface area contributed by atoms with Gasteiger partial charge in [-0.15, -0.1) is 11.3 Å². The molecule has 0 aliphatic heterocycles. The number of nitrogens with one attached hydrogen (secondary N) is 2. The first kappa shape index (κ1) is 20.8. The summed E-state index contributed by atoms with van der Waals surface area (Å²) in [5.74, 6) is 0.400. The molecule has 11 heteroatoms. The van der Waals surface area contributed by atoms with Crippen LogP contribution in [-0.2, 0) is 16.6 Å². The van der Waals surface area contributed by atoms with Gasteiger partial charge in [-0.2, -0.15) is 5.10 Å². The number of thiazole rings is 1. The molecule has 0 unspecified atom stereocenters. The number of halogens is 1. The number of nitrogens with zero attached hydrogens (tertiary/aromatic N) is 3. The molecule has 0 bridgehead atoms. The third-order valence-electron chi connectivity index (χ3n) is 4.29. The smallest absolute Gasteiger partial charge is 0.266 e. The summed E-state index contributed by atoms with van der Waals surface area (Å²) >= 11 is 1.11. The minimum Gasteiger partial charge on any atom is -0.497 e. The number of methoxy groups -OCH3 is 1. The van der Waals surface area contributed by atoms with Crippen LogP contribution in [0.2, 0.25) is 0 Å². The van der Waals surface area contributed by atoms with E-state index < -0.39 is 20.7 Å². The van der Waals surface area contributed by atoms with Crippen LogP contribution in [0, 0.1) is 5.82 Å². The van der Waals surface area contributed by atoms with Crippen molar-refractivity contribution in [2.24, 2.45) is 0 Å². The number of ether oxygens (including phenoxy) is 1. The van der Waals surface area contributed by atoms with Gasteiger partial charge in [-0.25, -0.2) is 17.8 Å². The van der Waals surface area contributed by atoms with Crippen LogP contribution in [0.4, 0.5) is 21.0 Å². The Kier molecular flexibility index (Phi) is 5.87. The number of hydrogen-bond acceptors (Lipinski definition) is 7. The first-order valence-corrected chi connectivity index (χ1v) is 11.4. The molecule has 2 heterocycles. The molecule has 4 rings (SSSR count). The highest BCUT2D eigenvalue weighted by molar-refractivity contribution is 7.93. The maximum absolute atomic E-state index is 14.5. The highest BCUT2D eigenvalue weighted by Gasteiger charge is 2.20. The van der Waals surface area contributed by atoms with Gasteiger partial charge in [-0.1, -0.05) is 12.1 Å². The summed E-state index contributed by atoms with van der Waals surface area (Å²) in [7, 11) is -2.46. The summed E-state index contributed by atoms with van der Waals surface area (Å²) in [6.07, 6.45) is 3.25. The molecular formula is C20H18FN5O3S2. The number of hydrogen-bond donors (Lipinski definition) is 2. The summed E-state index contributed by atoms with van der Waals surface area (Å²) < 4.78 is 48.4. The lowest BCUT2D eigenvalue weighted by Crippen LogP contribution is -2.14. The highest BCUT2D eigenvalue weighted by atomic mass is 32.2. The van der Waals surface area contributed by atoms with Gasteiger partial charge >= 0.3 is 0 Å². The van der Waals surface area contributed by atoms with Crippen LogP contribution in [0.5, 0.6) is 5.75 Å². The molecule has 8 nitrogen and oxygen atoms in total. The first-order chi connectivity index (χ1) is 14.9. The second-order valence-corrected chi connectivity index (χ2v) is 9.00. The van der Waals surface area contributed by atoms with E-state index in [0.717, 1.165) is 28.7 Å². The number of benzene rings is 2. The van der Waals surface area contributed by atoms with Gasteiger partial charge in [0.15, 0.2) is 10.9 Å². The van der Waals surface area contributed by atoms with Crippen molar-refractivity contribution in [3.8, 4) is 5.75 Å². The van der Waals surface area contributed by atoms with Gasteiger partial charge in [-0.3, -0.25) is 9.40 Å². The van der Waals surface area contributed by atoms with Crippen LogP contribution >= 0.6 is 11.3 Å². The molecule has 160 valence electrons. The molecule has 2 aromatic heterocycles. The molecule has 4 aromatic rings. The van der Waals surface area contributed by atoms with E-state index in [1.165, 1.54) is 18.3 Å². The van der Waals surface area contributed by atoms with Gasteiger partial charge in [-0.05, 0) is 35.9 Å².